The summed E-state index contributed by atoms with van der Waals surface area (Å²) in [7, 11) is 0. The molecule has 0 spiro atoms. The van der Waals surface area contributed by atoms with Gasteiger partial charge in [0.05, 0.1) is 0 Å². The van der Waals surface area contributed by atoms with E-state index in [0.717, 1.165) is 12.8 Å². The molecule has 1 aromatic carbocycles. The van der Waals surface area contributed by atoms with E-state index >= 15 is 0 Å². The van der Waals surface area contributed by atoms with Crippen LogP contribution in [-0.4, -0.2) is 5.97 Å². The smallest absolute Gasteiger partial charge is 0.311 e. The van der Waals surface area contributed by atoms with Gasteiger partial charge < -0.3 is 4.74 Å². The Labute approximate surface area is 203 Å². The zero-order valence-corrected chi connectivity index (χ0v) is 21.9. The molecule has 2 nitrogen and oxygen atoms in total. The van der Waals surface area contributed by atoms with Gasteiger partial charge in [-0.15, -0.1) is 0 Å². The first-order valence-electron chi connectivity index (χ1n) is 13.9. The average molecular weight is 453 g/mol. The summed E-state index contributed by atoms with van der Waals surface area (Å²) in [6, 6.07) is 8.09. The maximum Gasteiger partial charge on any atom is 0.311 e. The van der Waals surface area contributed by atoms with Crippen LogP contribution in [0.25, 0.3) is 6.08 Å². The van der Waals surface area contributed by atoms with Crippen LogP contribution >= 0.6 is 0 Å². The Balaban J connectivity index is 1.30. The number of rotatable bonds is 14. The second-order valence-corrected chi connectivity index (χ2v) is 11.6. The summed E-state index contributed by atoms with van der Waals surface area (Å²) < 4.78 is 5.57. The van der Waals surface area contributed by atoms with Gasteiger partial charge in [-0.05, 0) is 60.1 Å². The van der Waals surface area contributed by atoms with Gasteiger partial charge in [-0.2, -0.15) is 0 Å². The number of ether oxygens (including phenoxy) is 1. The van der Waals surface area contributed by atoms with Crippen molar-refractivity contribution in [3.05, 3.63) is 35.4 Å². The van der Waals surface area contributed by atoms with Crippen LogP contribution in [0.15, 0.2) is 29.8 Å². The van der Waals surface area contributed by atoms with Gasteiger partial charge in [-0.25, -0.2) is 0 Å². The van der Waals surface area contributed by atoms with Crippen molar-refractivity contribution in [1.29, 1.82) is 0 Å². The molecule has 0 radical (unpaired) electrons. The number of hydrogen-bond donors (Lipinski definition) is 0. The summed E-state index contributed by atoms with van der Waals surface area (Å²) in [5, 5.41) is 0. The van der Waals surface area contributed by atoms with Crippen molar-refractivity contribution < 1.29 is 9.53 Å². The third-order valence-corrected chi connectivity index (χ3v) is 8.90. The lowest BCUT2D eigenvalue weighted by atomic mass is 9.71. The highest BCUT2D eigenvalue weighted by molar-refractivity contribution is 5.72. The first-order valence-corrected chi connectivity index (χ1v) is 13.9. The topological polar surface area (TPSA) is 26.3 Å². The van der Waals surface area contributed by atoms with Gasteiger partial charge in [-0.1, -0.05) is 116 Å². The molecule has 3 rings (SSSR count). The Morgan fingerprint density at radius 1 is 0.909 bits per heavy atom. The molecule has 0 aliphatic heterocycles. The third-order valence-electron chi connectivity index (χ3n) is 8.90. The molecule has 0 aromatic heterocycles. The zero-order chi connectivity index (χ0) is 23.7. The minimum Gasteiger partial charge on any atom is -0.427 e. The maximum atomic E-state index is 12.2. The van der Waals surface area contributed by atoms with Gasteiger partial charge in [0.25, 0.3) is 0 Å². The predicted octanol–water partition coefficient (Wildman–Crippen LogP) is 9.52. The summed E-state index contributed by atoms with van der Waals surface area (Å²) in [6.07, 6.45) is 21.0. The van der Waals surface area contributed by atoms with E-state index in [1.165, 1.54) is 82.6 Å². The van der Waals surface area contributed by atoms with Gasteiger partial charge in [0.15, 0.2) is 0 Å². The fraction of sp³-hybridized carbons (Fsp3) is 0.710. The number of carbonyl (C=O) groups is 1. The van der Waals surface area contributed by atoms with E-state index in [0.29, 0.717) is 28.9 Å². The van der Waals surface area contributed by atoms with Crippen LogP contribution in [0.4, 0.5) is 0 Å². The number of hydrogen-bond acceptors (Lipinski definition) is 2. The largest absolute Gasteiger partial charge is 0.427 e. The van der Waals surface area contributed by atoms with E-state index in [9.17, 15) is 4.79 Å². The lowest BCUT2D eigenvalue weighted by Crippen LogP contribution is -2.26. The minimum atomic E-state index is -0.0974. The lowest BCUT2D eigenvalue weighted by molar-refractivity contribution is -0.134. The van der Waals surface area contributed by atoms with E-state index in [2.05, 4.69) is 45.9 Å². The molecular formula is C31H48O2. The van der Waals surface area contributed by atoms with Gasteiger partial charge in [-0.3, -0.25) is 4.79 Å². The summed E-state index contributed by atoms with van der Waals surface area (Å²) in [5.41, 5.74) is 3.69. The fourth-order valence-electron chi connectivity index (χ4n) is 6.22. The lowest BCUT2D eigenvalue weighted by Gasteiger charge is -2.33. The van der Waals surface area contributed by atoms with Crippen LogP contribution in [0.2, 0.25) is 0 Å². The van der Waals surface area contributed by atoms with Crippen molar-refractivity contribution in [1.82, 2.24) is 0 Å². The van der Waals surface area contributed by atoms with Crippen molar-refractivity contribution in [2.45, 2.75) is 124 Å². The molecule has 2 aliphatic rings. The Bertz CT molecular complexity index is 770. The van der Waals surface area contributed by atoms with Crippen LogP contribution in [0, 0.1) is 16.7 Å². The van der Waals surface area contributed by atoms with Crippen LogP contribution in [0.5, 0.6) is 5.75 Å². The quantitative estimate of drug-likeness (QED) is 0.159. The van der Waals surface area contributed by atoms with Crippen molar-refractivity contribution in [2.75, 3.05) is 0 Å². The summed E-state index contributed by atoms with van der Waals surface area (Å²) in [5.74, 6) is 1.29. The Morgan fingerprint density at radius 3 is 2.00 bits per heavy atom. The highest BCUT2D eigenvalue weighted by Crippen LogP contribution is 2.67. The van der Waals surface area contributed by atoms with E-state index in [1.54, 1.807) is 5.57 Å². The van der Waals surface area contributed by atoms with Gasteiger partial charge in [0.2, 0.25) is 0 Å². The number of fused-ring (bicyclic) bond motifs is 2. The van der Waals surface area contributed by atoms with Gasteiger partial charge in [0, 0.05) is 6.42 Å². The third kappa shape index (κ3) is 6.96. The predicted molar refractivity (Wildman–Crippen MR) is 140 cm³/mol. The average Bonchev–Trinajstić information content (AvgIpc) is 3.12. The number of allylic oxidation sites excluding steroid dienone is 1. The molecule has 0 heterocycles. The standard InChI is InChI=1S/C31H48O2/c1-5-6-7-8-9-10-11-12-13-14-15-16-29(32)33-27-19-17-25(18-20-27)23-26-24-31(4)22-21-28(26)30(31,2)3/h17-20,23,28H,5-16,21-22,24H2,1-4H3. The zero-order valence-electron chi connectivity index (χ0n) is 21.9. The van der Waals surface area contributed by atoms with Crippen molar-refractivity contribution in [2.24, 2.45) is 16.7 Å². The first kappa shape index (κ1) is 26.0. The monoisotopic (exact) mass is 452 g/mol. The molecule has 2 heteroatoms. The highest BCUT2D eigenvalue weighted by atomic mass is 16.5. The summed E-state index contributed by atoms with van der Waals surface area (Å²) in [4.78, 5) is 12.2. The Hall–Kier alpha value is -1.57. The molecule has 2 aliphatic carbocycles. The molecule has 0 N–H and O–H groups in total. The molecule has 2 fully saturated rings. The maximum absolute atomic E-state index is 12.2. The van der Waals surface area contributed by atoms with Crippen molar-refractivity contribution >= 4 is 12.0 Å². The number of carbonyl (C=O) groups excluding carboxylic acids is 1. The van der Waals surface area contributed by atoms with E-state index < -0.39 is 0 Å². The Morgan fingerprint density at radius 2 is 1.48 bits per heavy atom. The SMILES string of the molecule is CCCCCCCCCCCCCC(=O)Oc1ccc(C=C2CC3(C)CCC2C3(C)C)cc1. The molecule has 0 saturated heterocycles. The fourth-order valence-corrected chi connectivity index (χ4v) is 6.22. The van der Waals surface area contributed by atoms with Crippen LogP contribution in [0.3, 0.4) is 0 Å². The molecule has 2 saturated carbocycles. The van der Waals surface area contributed by atoms with Gasteiger partial charge in [0.1, 0.15) is 5.75 Å². The van der Waals surface area contributed by atoms with E-state index in [-0.39, 0.29) is 5.97 Å². The molecule has 2 unspecified atom stereocenters. The number of benzene rings is 1. The van der Waals surface area contributed by atoms with E-state index in [1.807, 2.05) is 12.1 Å². The van der Waals surface area contributed by atoms with Gasteiger partial charge >= 0.3 is 5.97 Å². The molecule has 2 atom stereocenters. The molecule has 2 bridgehead atoms. The molecule has 1 aromatic rings. The minimum absolute atomic E-state index is 0.0974. The molecule has 33 heavy (non-hydrogen) atoms. The Kier molecular flexibility index (Phi) is 9.65. The molecular weight excluding hydrogens is 404 g/mol. The van der Waals surface area contributed by atoms with Crippen molar-refractivity contribution in [3.8, 4) is 5.75 Å². The second kappa shape index (κ2) is 12.2. The summed E-state index contributed by atoms with van der Waals surface area (Å²) in [6.45, 7) is 9.63. The normalized spacial score (nSPS) is 24.5. The first-order chi connectivity index (χ1) is 15.9. The molecule has 184 valence electrons. The second-order valence-electron chi connectivity index (χ2n) is 11.6. The molecule has 0 amide bonds. The number of esters is 1. The summed E-state index contributed by atoms with van der Waals surface area (Å²) >= 11 is 0. The highest BCUT2D eigenvalue weighted by Gasteiger charge is 2.58. The van der Waals surface area contributed by atoms with Crippen LogP contribution < -0.4 is 4.74 Å². The van der Waals surface area contributed by atoms with Crippen LogP contribution in [-0.2, 0) is 4.79 Å². The van der Waals surface area contributed by atoms with Crippen LogP contribution in [0.1, 0.15) is 130 Å². The number of unbranched alkanes of at least 4 members (excludes halogenated alkanes) is 10. The van der Waals surface area contributed by atoms with Crippen molar-refractivity contribution in [3.63, 3.8) is 0 Å². The van der Waals surface area contributed by atoms with E-state index in [4.69, 9.17) is 4.74 Å².